The van der Waals surface area contributed by atoms with Crippen molar-refractivity contribution in [3.63, 3.8) is 0 Å². The molecule has 0 heterocycles. The van der Waals surface area contributed by atoms with Gasteiger partial charge in [0.05, 0.1) is 0 Å². The minimum absolute atomic E-state index is 0.361. The van der Waals surface area contributed by atoms with Gasteiger partial charge in [-0.25, -0.2) is 0 Å². The Morgan fingerprint density at radius 1 is 0.909 bits per heavy atom. The fourth-order valence-electron chi connectivity index (χ4n) is 3.02. The zero-order valence-corrected chi connectivity index (χ0v) is 7.05. The summed E-state index contributed by atoms with van der Waals surface area (Å²) in [6.45, 7) is 0. The van der Waals surface area contributed by atoms with Crippen LogP contribution in [0.2, 0.25) is 0 Å². The standard InChI is InChI=1S/C9H18N2/c10-7-3-1-5-9(7)6-2-4-8(9)11/h7-8H,1-6,10-11H2/t7-,8+,9?. The highest BCUT2D eigenvalue weighted by molar-refractivity contribution is 5.04. The van der Waals surface area contributed by atoms with Crippen molar-refractivity contribution < 1.29 is 0 Å². The Balaban J connectivity index is 2.19. The van der Waals surface area contributed by atoms with E-state index in [0.717, 1.165) is 0 Å². The predicted octanol–water partition coefficient (Wildman–Crippen LogP) is 0.995. The van der Waals surface area contributed by atoms with E-state index in [-0.39, 0.29) is 0 Å². The summed E-state index contributed by atoms with van der Waals surface area (Å²) in [6, 6.07) is 0.806. The molecule has 2 fully saturated rings. The average molecular weight is 154 g/mol. The lowest BCUT2D eigenvalue weighted by atomic mass is 9.78. The fourth-order valence-corrected chi connectivity index (χ4v) is 3.02. The molecule has 0 amide bonds. The van der Waals surface area contributed by atoms with Gasteiger partial charge in [-0.3, -0.25) is 0 Å². The Labute approximate surface area is 68.3 Å². The smallest absolute Gasteiger partial charge is 0.0110 e. The van der Waals surface area contributed by atoms with E-state index < -0.39 is 0 Å². The zero-order valence-electron chi connectivity index (χ0n) is 7.05. The normalized spacial score (nSPS) is 50.7. The third-order valence-corrected chi connectivity index (χ3v) is 3.79. The van der Waals surface area contributed by atoms with Gasteiger partial charge in [0.1, 0.15) is 0 Å². The molecule has 4 N–H and O–H groups in total. The first-order valence-electron chi connectivity index (χ1n) is 4.77. The summed E-state index contributed by atoms with van der Waals surface area (Å²) in [6.07, 6.45) is 7.58. The van der Waals surface area contributed by atoms with Crippen LogP contribution in [0.5, 0.6) is 0 Å². The summed E-state index contributed by atoms with van der Waals surface area (Å²) in [5.74, 6) is 0. The Morgan fingerprint density at radius 2 is 1.36 bits per heavy atom. The molecule has 0 aromatic carbocycles. The molecular formula is C9H18N2. The van der Waals surface area contributed by atoms with E-state index in [1.54, 1.807) is 0 Å². The molecule has 3 atom stereocenters. The number of nitrogens with two attached hydrogens (primary N) is 2. The van der Waals surface area contributed by atoms with Crippen LogP contribution in [0.25, 0.3) is 0 Å². The van der Waals surface area contributed by atoms with E-state index in [4.69, 9.17) is 11.5 Å². The van der Waals surface area contributed by atoms with Crippen LogP contribution < -0.4 is 11.5 Å². The molecule has 0 aromatic rings. The summed E-state index contributed by atoms with van der Waals surface area (Å²) in [5.41, 5.74) is 12.5. The minimum atomic E-state index is 0.361. The lowest BCUT2D eigenvalue weighted by Crippen LogP contribution is -2.46. The van der Waals surface area contributed by atoms with Crippen LogP contribution in [0.1, 0.15) is 38.5 Å². The van der Waals surface area contributed by atoms with E-state index in [2.05, 4.69) is 0 Å². The fraction of sp³-hybridized carbons (Fsp3) is 1.00. The first-order chi connectivity index (χ1) is 5.26. The molecule has 2 aliphatic rings. The maximum absolute atomic E-state index is 6.09. The van der Waals surface area contributed by atoms with Crippen molar-refractivity contribution in [3.8, 4) is 0 Å². The maximum atomic E-state index is 6.09. The molecule has 2 heteroatoms. The van der Waals surface area contributed by atoms with Gasteiger partial charge in [-0.15, -0.1) is 0 Å². The van der Waals surface area contributed by atoms with Crippen LogP contribution in [0.4, 0.5) is 0 Å². The van der Waals surface area contributed by atoms with Crippen molar-refractivity contribution >= 4 is 0 Å². The largest absolute Gasteiger partial charge is 0.327 e. The molecule has 2 nitrogen and oxygen atoms in total. The molecule has 11 heavy (non-hydrogen) atoms. The van der Waals surface area contributed by atoms with Gasteiger partial charge >= 0.3 is 0 Å². The lowest BCUT2D eigenvalue weighted by molar-refractivity contribution is 0.235. The second kappa shape index (κ2) is 2.46. The van der Waals surface area contributed by atoms with E-state index in [0.29, 0.717) is 17.5 Å². The minimum Gasteiger partial charge on any atom is -0.327 e. The highest BCUT2D eigenvalue weighted by Crippen LogP contribution is 2.48. The first-order valence-corrected chi connectivity index (χ1v) is 4.77. The second-order valence-electron chi connectivity index (χ2n) is 4.23. The predicted molar refractivity (Wildman–Crippen MR) is 46.1 cm³/mol. The number of hydrogen-bond acceptors (Lipinski definition) is 2. The van der Waals surface area contributed by atoms with Crippen molar-refractivity contribution in [2.24, 2.45) is 16.9 Å². The lowest BCUT2D eigenvalue weighted by Gasteiger charge is -2.33. The molecular weight excluding hydrogens is 136 g/mol. The van der Waals surface area contributed by atoms with Crippen molar-refractivity contribution in [1.29, 1.82) is 0 Å². The molecule has 0 aromatic heterocycles. The molecule has 2 aliphatic carbocycles. The monoisotopic (exact) mass is 154 g/mol. The van der Waals surface area contributed by atoms with Gasteiger partial charge in [0.2, 0.25) is 0 Å². The first kappa shape index (κ1) is 7.56. The third-order valence-electron chi connectivity index (χ3n) is 3.79. The summed E-state index contributed by atoms with van der Waals surface area (Å²) >= 11 is 0. The van der Waals surface area contributed by atoms with Crippen LogP contribution in [-0.4, -0.2) is 12.1 Å². The summed E-state index contributed by atoms with van der Waals surface area (Å²) in [5, 5.41) is 0. The SMILES string of the molecule is N[C@@H]1CCCC12CCC[C@@H]2N. The van der Waals surface area contributed by atoms with Crippen LogP contribution in [-0.2, 0) is 0 Å². The highest BCUT2D eigenvalue weighted by atomic mass is 14.8. The Bertz CT molecular complexity index is 138. The van der Waals surface area contributed by atoms with Crippen LogP contribution in [0, 0.1) is 5.41 Å². The van der Waals surface area contributed by atoms with Crippen molar-refractivity contribution in [2.45, 2.75) is 50.6 Å². The topological polar surface area (TPSA) is 52.0 Å². The Hall–Kier alpha value is -0.0800. The van der Waals surface area contributed by atoms with Crippen LogP contribution in [0.3, 0.4) is 0 Å². The number of rotatable bonds is 0. The molecule has 0 bridgehead atoms. The van der Waals surface area contributed by atoms with Gasteiger partial charge in [-0.1, -0.05) is 12.8 Å². The quantitative estimate of drug-likeness (QED) is 0.547. The zero-order chi connectivity index (χ0) is 7.90. The molecule has 64 valence electrons. The van der Waals surface area contributed by atoms with Gasteiger partial charge in [-0.05, 0) is 25.7 Å². The summed E-state index contributed by atoms with van der Waals surface area (Å²) in [7, 11) is 0. The van der Waals surface area contributed by atoms with E-state index in [9.17, 15) is 0 Å². The molecule has 0 saturated heterocycles. The van der Waals surface area contributed by atoms with Gasteiger partial charge in [0.25, 0.3) is 0 Å². The molecule has 1 unspecified atom stereocenters. The molecule has 2 rings (SSSR count). The van der Waals surface area contributed by atoms with Gasteiger partial charge in [0, 0.05) is 17.5 Å². The maximum Gasteiger partial charge on any atom is 0.0110 e. The molecule has 0 radical (unpaired) electrons. The average Bonchev–Trinajstić information content (AvgIpc) is 2.48. The molecule has 0 aliphatic heterocycles. The molecule has 2 saturated carbocycles. The highest BCUT2D eigenvalue weighted by Gasteiger charge is 2.47. The summed E-state index contributed by atoms with van der Waals surface area (Å²) in [4.78, 5) is 0. The van der Waals surface area contributed by atoms with E-state index in [1.165, 1.54) is 38.5 Å². The van der Waals surface area contributed by atoms with Crippen LogP contribution >= 0.6 is 0 Å². The number of hydrogen-bond donors (Lipinski definition) is 2. The van der Waals surface area contributed by atoms with Gasteiger partial charge in [-0.2, -0.15) is 0 Å². The van der Waals surface area contributed by atoms with Gasteiger partial charge in [0.15, 0.2) is 0 Å². The second-order valence-corrected chi connectivity index (χ2v) is 4.23. The van der Waals surface area contributed by atoms with Crippen molar-refractivity contribution in [3.05, 3.63) is 0 Å². The van der Waals surface area contributed by atoms with Gasteiger partial charge < -0.3 is 11.5 Å². The Morgan fingerprint density at radius 3 is 1.64 bits per heavy atom. The van der Waals surface area contributed by atoms with Crippen molar-refractivity contribution in [1.82, 2.24) is 0 Å². The van der Waals surface area contributed by atoms with E-state index >= 15 is 0 Å². The van der Waals surface area contributed by atoms with Crippen molar-refractivity contribution in [2.75, 3.05) is 0 Å². The Kier molecular flexibility index (Phi) is 1.69. The van der Waals surface area contributed by atoms with E-state index in [1.807, 2.05) is 0 Å². The third kappa shape index (κ3) is 0.926. The summed E-state index contributed by atoms with van der Waals surface area (Å²) < 4.78 is 0. The molecule has 1 spiro atoms. The van der Waals surface area contributed by atoms with Crippen LogP contribution in [0.15, 0.2) is 0 Å².